The molecular formula is C13H17ClN2O2. The summed E-state index contributed by atoms with van der Waals surface area (Å²) in [5, 5.41) is 3.45. The van der Waals surface area contributed by atoms with Gasteiger partial charge in [-0.15, -0.1) is 0 Å². The zero-order chi connectivity index (χ0) is 13.0. The van der Waals surface area contributed by atoms with Crippen LogP contribution in [0.4, 0.5) is 0 Å². The van der Waals surface area contributed by atoms with E-state index in [1.165, 1.54) is 0 Å². The summed E-state index contributed by atoms with van der Waals surface area (Å²) < 4.78 is 5.17. The minimum Gasteiger partial charge on any atom is -0.467 e. The Labute approximate surface area is 112 Å². The van der Waals surface area contributed by atoms with Crippen LogP contribution in [0.15, 0.2) is 34.4 Å². The average Bonchev–Trinajstić information content (AvgIpc) is 2.95. The maximum atomic E-state index is 12.1. The summed E-state index contributed by atoms with van der Waals surface area (Å²) in [6, 6.07) is 3.55. The molecule has 0 spiro atoms. The first-order valence-corrected chi connectivity index (χ1v) is 6.42. The molecule has 4 nitrogen and oxygen atoms in total. The standard InChI is InChI=1S/C13H17ClN2O2/c1-10(14)9-16-6-2-5-12(16)13(17)15-8-11-4-3-7-18-11/h3-4,7,12H,1-2,5-6,8-9H2,(H,15,17)/t12-/m0/s1. The molecule has 0 radical (unpaired) electrons. The second-order valence-corrected chi connectivity index (χ2v) is 4.98. The number of amides is 1. The van der Waals surface area contributed by atoms with Crippen molar-refractivity contribution < 1.29 is 9.21 Å². The summed E-state index contributed by atoms with van der Waals surface area (Å²) in [6.07, 6.45) is 3.48. The SMILES string of the molecule is C=C(Cl)CN1CCC[C@H]1C(=O)NCc1ccco1. The highest BCUT2D eigenvalue weighted by Crippen LogP contribution is 2.19. The van der Waals surface area contributed by atoms with Gasteiger partial charge in [-0.3, -0.25) is 9.69 Å². The Morgan fingerprint density at radius 1 is 1.67 bits per heavy atom. The molecule has 98 valence electrons. The van der Waals surface area contributed by atoms with Gasteiger partial charge in [-0.2, -0.15) is 0 Å². The van der Waals surface area contributed by atoms with Crippen LogP contribution in [0, 0.1) is 0 Å². The van der Waals surface area contributed by atoms with Gasteiger partial charge in [0.25, 0.3) is 0 Å². The van der Waals surface area contributed by atoms with Crippen molar-refractivity contribution in [1.29, 1.82) is 0 Å². The van der Waals surface area contributed by atoms with Gasteiger partial charge < -0.3 is 9.73 Å². The number of halogens is 1. The van der Waals surface area contributed by atoms with Gasteiger partial charge in [-0.25, -0.2) is 0 Å². The Hall–Kier alpha value is -1.26. The summed E-state index contributed by atoms with van der Waals surface area (Å²) in [5.74, 6) is 0.788. The number of rotatable bonds is 5. The smallest absolute Gasteiger partial charge is 0.237 e. The number of likely N-dealkylation sites (tertiary alicyclic amines) is 1. The fourth-order valence-electron chi connectivity index (χ4n) is 2.24. The van der Waals surface area contributed by atoms with E-state index in [4.69, 9.17) is 16.0 Å². The average molecular weight is 269 g/mol. The molecule has 1 N–H and O–H groups in total. The molecule has 1 aliphatic rings. The number of carbonyl (C=O) groups excluding carboxylic acids is 1. The quantitative estimate of drug-likeness (QED) is 0.890. The molecule has 1 aromatic heterocycles. The molecule has 1 amide bonds. The zero-order valence-corrected chi connectivity index (χ0v) is 10.9. The first kappa shape index (κ1) is 13.2. The predicted octanol–water partition coefficient (Wildman–Crippen LogP) is 2.11. The van der Waals surface area contributed by atoms with Crippen LogP contribution in [0.5, 0.6) is 0 Å². The van der Waals surface area contributed by atoms with Gasteiger partial charge in [0.05, 0.1) is 18.8 Å². The Balaban J connectivity index is 1.85. The van der Waals surface area contributed by atoms with Crippen LogP contribution in [0.25, 0.3) is 0 Å². The van der Waals surface area contributed by atoms with E-state index in [0.29, 0.717) is 18.1 Å². The maximum absolute atomic E-state index is 12.1. The van der Waals surface area contributed by atoms with E-state index in [1.54, 1.807) is 12.3 Å². The maximum Gasteiger partial charge on any atom is 0.237 e. The van der Waals surface area contributed by atoms with Gasteiger partial charge in [0.1, 0.15) is 5.76 Å². The molecular weight excluding hydrogens is 252 g/mol. The molecule has 0 aromatic carbocycles. The van der Waals surface area contributed by atoms with Crippen molar-refractivity contribution in [2.45, 2.75) is 25.4 Å². The van der Waals surface area contributed by atoms with Gasteiger partial charge in [0, 0.05) is 11.6 Å². The highest BCUT2D eigenvalue weighted by molar-refractivity contribution is 6.29. The summed E-state index contributed by atoms with van der Waals surface area (Å²) in [7, 11) is 0. The Bertz CT molecular complexity index is 417. The van der Waals surface area contributed by atoms with Crippen LogP contribution in [0.2, 0.25) is 0 Å². The number of hydrogen-bond donors (Lipinski definition) is 1. The number of hydrogen-bond acceptors (Lipinski definition) is 3. The van der Waals surface area contributed by atoms with Crippen LogP contribution in [-0.2, 0) is 11.3 Å². The van der Waals surface area contributed by atoms with Crippen LogP contribution in [0.1, 0.15) is 18.6 Å². The summed E-state index contributed by atoms with van der Waals surface area (Å²) >= 11 is 5.80. The summed E-state index contributed by atoms with van der Waals surface area (Å²) in [4.78, 5) is 14.1. The minimum absolute atomic E-state index is 0.0295. The topological polar surface area (TPSA) is 45.5 Å². The van der Waals surface area contributed by atoms with Crippen molar-refractivity contribution in [3.63, 3.8) is 0 Å². The highest BCUT2D eigenvalue weighted by Gasteiger charge is 2.30. The van der Waals surface area contributed by atoms with Crippen molar-refractivity contribution in [2.24, 2.45) is 0 Å². The molecule has 0 bridgehead atoms. The normalized spacial score (nSPS) is 19.9. The fraction of sp³-hybridized carbons (Fsp3) is 0.462. The highest BCUT2D eigenvalue weighted by atomic mass is 35.5. The van der Waals surface area contributed by atoms with Crippen molar-refractivity contribution >= 4 is 17.5 Å². The van der Waals surface area contributed by atoms with E-state index in [-0.39, 0.29) is 11.9 Å². The van der Waals surface area contributed by atoms with Gasteiger partial charge in [0.15, 0.2) is 0 Å². The molecule has 0 unspecified atom stereocenters. The molecule has 18 heavy (non-hydrogen) atoms. The van der Waals surface area contributed by atoms with Crippen LogP contribution in [0.3, 0.4) is 0 Å². The monoisotopic (exact) mass is 268 g/mol. The molecule has 1 fully saturated rings. The van der Waals surface area contributed by atoms with Crippen LogP contribution in [-0.4, -0.2) is 29.9 Å². The number of furan rings is 1. The zero-order valence-electron chi connectivity index (χ0n) is 10.2. The van der Waals surface area contributed by atoms with Crippen molar-refractivity contribution in [1.82, 2.24) is 10.2 Å². The number of nitrogens with one attached hydrogen (secondary N) is 1. The van der Waals surface area contributed by atoms with E-state index in [9.17, 15) is 4.79 Å². The Kier molecular flexibility index (Phi) is 4.44. The summed E-state index contributed by atoms with van der Waals surface area (Å²) in [6.45, 7) is 5.57. The molecule has 0 aliphatic carbocycles. The van der Waals surface area contributed by atoms with Gasteiger partial charge in [0.2, 0.25) is 5.91 Å². The lowest BCUT2D eigenvalue weighted by Crippen LogP contribution is -2.43. The van der Waals surface area contributed by atoms with E-state index in [2.05, 4.69) is 16.8 Å². The van der Waals surface area contributed by atoms with Crippen LogP contribution < -0.4 is 5.32 Å². The molecule has 1 aliphatic heterocycles. The fourth-order valence-corrected chi connectivity index (χ4v) is 2.39. The second-order valence-electron chi connectivity index (χ2n) is 4.44. The molecule has 0 saturated carbocycles. The third-order valence-electron chi connectivity index (χ3n) is 3.06. The third kappa shape index (κ3) is 3.37. The Morgan fingerprint density at radius 3 is 3.17 bits per heavy atom. The lowest BCUT2D eigenvalue weighted by Gasteiger charge is -2.22. The van der Waals surface area contributed by atoms with Gasteiger partial charge >= 0.3 is 0 Å². The minimum atomic E-state index is -0.101. The summed E-state index contributed by atoms with van der Waals surface area (Å²) in [5.41, 5.74) is 0. The van der Waals surface area contributed by atoms with E-state index in [1.807, 2.05) is 6.07 Å². The van der Waals surface area contributed by atoms with Crippen molar-refractivity contribution in [2.75, 3.05) is 13.1 Å². The Morgan fingerprint density at radius 2 is 2.50 bits per heavy atom. The molecule has 1 aromatic rings. The first-order valence-electron chi connectivity index (χ1n) is 6.04. The predicted molar refractivity (Wildman–Crippen MR) is 70.1 cm³/mol. The largest absolute Gasteiger partial charge is 0.467 e. The number of nitrogens with zero attached hydrogens (tertiary/aromatic N) is 1. The van der Waals surface area contributed by atoms with Gasteiger partial charge in [-0.05, 0) is 31.5 Å². The van der Waals surface area contributed by atoms with Crippen LogP contribution >= 0.6 is 11.6 Å². The molecule has 2 rings (SSSR count). The third-order valence-corrected chi connectivity index (χ3v) is 3.18. The lowest BCUT2D eigenvalue weighted by molar-refractivity contribution is -0.125. The van der Waals surface area contributed by atoms with Crippen molar-refractivity contribution in [3.8, 4) is 0 Å². The molecule has 5 heteroatoms. The number of carbonyl (C=O) groups is 1. The molecule has 2 heterocycles. The second kappa shape index (κ2) is 6.07. The van der Waals surface area contributed by atoms with Crippen molar-refractivity contribution in [3.05, 3.63) is 35.8 Å². The first-order chi connectivity index (χ1) is 8.66. The van der Waals surface area contributed by atoms with E-state index < -0.39 is 0 Å². The van der Waals surface area contributed by atoms with E-state index >= 15 is 0 Å². The van der Waals surface area contributed by atoms with E-state index in [0.717, 1.165) is 25.1 Å². The molecule has 1 saturated heterocycles. The van der Waals surface area contributed by atoms with Gasteiger partial charge in [-0.1, -0.05) is 18.2 Å². The lowest BCUT2D eigenvalue weighted by atomic mass is 10.2. The molecule has 1 atom stereocenters.